The number of unbranched alkanes of at least 4 members (excludes halogenated alkanes) is 1. The fraction of sp³-hybridized carbons (Fsp3) is 0.538. The summed E-state index contributed by atoms with van der Waals surface area (Å²) in [4.78, 5) is 15.9. The first kappa shape index (κ1) is 11.5. The summed E-state index contributed by atoms with van der Waals surface area (Å²) in [5.74, 6) is -0.307. The molecule has 18 heavy (non-hydrogen) atoms. The third-order valence-corrected chi connectivity index (χ3v) is 3.24. The molecule has 0 atom stereocenters. The minimum Gasteiger partial charge on any atom is -0.406 e. The van der Waals surface area contributed by atoms with Gasteiger partial charge in [-0.2, -0.15) is 0 Å². The Morgan fingerprint density at radius 2 is 2.33 bits per heavy atom. The SMILES string of the molecule is O=c1oc2cccnc2n1CCCCNC1CC1. The first-order valence-corrected chi connectivity index (χ1v) is 6.52. The standard InChI is InChI=1S/C13H17N3O2/c17-13-16(9-2-1-7-14-10-5-6-10)12-11(18-13)4-3-8-15-12/h3-4,8,10,14H,1-2,5-7,9H2. The number of rotatable bonds is 6. The number of hydrogen-bond acceptors (Lipinski definition) is 4. The third-order valence-electron chi connectivity index (χ3n) is 3.24. The van der Waals surface area contributed by atoms with Crippen molar-refractivity contribution in [2.75, 3.05) is 6.54 Å². The molecule has 0 saturated heterocycles. The van der Waals surface area contributed by atoms with E-state index in [4.69, 9.17) is 4.42 Å². The maximum absolute atomic E-state index is 11.7. The molecule has 0 bridgehead atoms. The van der Waals surface area contributed by atoms with Gasteiger partial charge in [0, 0.05) is 18.8 Å². The van der Waals surface area contributed by atoms with Crippen molar-refractivity contribution < 1.29 is 4.42 Å². The Kier molecular flexibility index (Phi) is 3.15. The summed E-state index contributed by atoms with van der Waals surface area (Å²) >= 11 is 0. The van der Waals surface area contributed by atoms with E-state index in [9.17, 15) is 4.79 Å². The molecule has 0 spiro atoms. The van der Waals surface area contributed by atoms with Gasteiger partial charge < -0.3 is 9.73 Å². The molecule has 0 aliphatic heterocycles. The van der Waals surface area contributed by atoms with E-state index in [1.807, 2.05) is 0 Å². The maximum atomic E-state index is 11.7. The number of nitrogens with zero attached hydrogens (tertiary/aromatic N) is 2. The average molecular weight is 247 g/mol. The van der Waals surface area contributed by atoms with E-state index >= 15 is 0 Å². The van der Waals surface area contributed by atoms with Crippen molar-refractivity contribution >= 4 is 11.2 Å². The summed E-state index contributed by atoms with van der Waals surface area (Å²) < 4.78 is 6.75. The number of aryl methyl sites for hydroxylation is 1. The van der Waals surface area contributed by atoms with E-state index in [-0.39, 0.29) is 5.76 Å². The van der Waals surface area contributed by atoms with Crippen LogP contribution in [0.2, 0.25) is 0 Å². The van der Waals surface area contributed by atoms with Gasteiger partial charge in [-0.25, -0.2) is 9.78 Å². The molecule has 0 aromatic carbocycles. The molecule has 0 unspecified atom stereocenters. The molecule has 1 aliphatic carbocycles. The van der Waals surface area contributed by atoms with Gasteiger partial charge in [0.15, 0.2) is 11.2 Å². The van der Waals surface area contributed by atoms with Gasteiger partial charge in [0.25, 0.3) is 0 Å². The molecule has 1 fully saturated rings. The van der Waals surface area contributed by atoms with Crippen molar-refractivity contribution in [1.82, 2.24) is 14.9 Å². The maximum Gasteiger partial charge on any atom is 0.421 e. The van der Waals surface area contributed by atoms with E-state index in [1.54, 1.807) is 22.9 Å². The average Bonchev–Trinajstić information content (AvgIpc) is 3.13. The number of nitrogens with one attached hydrogen (secondary N) is 1. The van der Waals surface area contributed by atoms with Gasteiger partial charge in [0.1, 0.15) is 0 Å². The third kappa shape index (κ3) is 2.46. The lowest BCUT2D eigenvalue weighted by Gasteiger charge is -2.03. The minimum atomic E-state index is -0.307. The Labute approximate surface area is 105 Å². The molecule has 2 aromatic rings. The van der Waals surface area contributed by atoms with Gasteiger partial charge in [-0.05, 0) is 44.4 Å². The molecule has 1 N–H and O–H groups in total. The van der Waals surface area contributed by atoms with Crippen LogP contribution in [-0.2, 0) is 6.54 Å². The van der Waals surface area contributed by atoms with Crippen molar-refractivity contribution in [3.8, 4) is 0 Å². The van der Waals surface area contributed by atoms with Gasteiger partial charge in [0.2, 0.25) is 0 Å². The van der Waals surface area contributed by atoms with Gasteiger partial charge in [-0.3, -0.25) is 4.57 Å². The first-order valence-electron chi connectivity index (χ1n) is 6.52. The summed E-state index contributed by atoms with van der Waals surface area (Å²) in [6.45, 7) is 1.71. The molecule has 0 amide bonds. The second-order valence-electron chi connectivity index (χ2n) is 4.78. The fourth-order valence-corrected chi connectivity index (χ4v) is 2.09. The summed E-state index contributed by atoms with van der Waals surface area (Å²) in [7, 11) is 0. The van der Waals surface area contributed by atoms with Crippen molar-refractivity contribution in [3.05, 3.63) is 28.9 Å². The highest BCUT2D eigenvalue weighted by Gasteiger charge is 2.19. The fourth-order valence-electron chi connectivity index (χ4n) is 2.09. The summed E-state index contributed by atoms with van der Waals surface area (Å²) in [6.07, 6.45) is 6.35. The topological polar surface area (TPSA) is 60.1 Å². The second-order valence-corrected chi connectivity index (χ2v) is 4.78. The van der Waals surface area contributed by atoms with Gasteiger partial charge >= 0.3 is 5.76 Å². The second kappa shape index (κ2) is 4.94. The van der Waals surface area contributed by atoms with Crippen LogP contribution >= 0.6 is 0 Å². The molecular weight excluding hydrogens is 230 g/mol. The highest BCUT2D eigenvalue weighted by atomic mass is 16.4. The molecule has 5 heteroatoms. The van der Waals surface area contributed by atoms with Crippen LogP contribution in [0.3, 0.4) is 0 Å². The zero-order chi connectivity index (χ0) is 12.4. The number of oxazole rings is 1. The van der Waals surface area contributed by atoms with Gasteiger partial charge in [0.05, 0.1) is 0 Å². The monoisotopic (exact) mass is 247 g/mol. The Morgan fingerprint density at radius 3 is 3.17 bits per heavy atom. The highest BCUT2D eigenvalue weighted by molar-refractivity contribution is 5.67. The Morgan fingerprint density at radius 1 is 1.44 bits per heavy atom. The van der Waals surface area contributed by atoms with Crippen molar-refractivity contribution in [1.29, 1.82) is 0 Å². The molecule has 0 radical (unpaired) electrons. The highest BCUT2D eigenvalue weighted by Crippen LogP contribution is 2.18. The van der Waals surface area contributed by atoms with Crippen molar-refractivity contribution in [2.24, 2.45) is 0 Å². The normalized spacial score (nSPS) is 15.3. The Balaban J connectivity index is 1.59. The minimum absolute atomic E-state index is 0.307. The number of aromatic nitrogens is 2. The van der Waals surface area contributed by atoms with Crippen LogP contribution in [0.15, 0.2) is 27.5 Å². The molecule has 96 valence electrons. The summed E-state index contributed by atoms with van der Waals surface area (Å²) in [5, 5.41) is 3.46. The predicted octanol–water partition coefficient (Wildman–Crippen LogP) is 1.52. The van der Waals surface area contributed by atoms with E-state index in [2.05, 4.69) is 10.3 Å². The van der Waals surface area contributed by atoms with Crippen LogP contribution in [0.5, 0.6) is 0 Å². The van der Waals surface area contributed by atoms with Crippen LogP contribution in [0.1, 0.15) is 25.7 Å². The largest absolute Gasteiger partial charge is 0.421 e. The van der Waals surface area contributed by atoms with Gasteiger partial charge in [-0.1, -0.05) is 0 Å². The number of fused-ring (bicyclic) bond motifs is 1. The first-order chi connectivity index (χ1) is 8.84. The molecule has 5 nitrogen and oxygen atoms in total. The molecule has 3 rings (SSSR count). The van der Waals surface area contributed by atoms with E-state index in [1.165, 1.54) is 12.8 Å². The lowest BCUT2D eigenvalue weighted by molar-refractivity contribution is 0.487. The zero-order valence-electron chi connectivity index (χ0n) is 10.3. The predicted molar refractivity (Wildman–Crippen MR) is 68.5 cm³/mol. The van der Waals surface area contributed by atoms with Crippen LogP contribution in [0, 0.1) is 0 Å². The van der Waals surface area contributed by atoms with Crippen LogP contribution in [-0.4, -0.2) is 22.1 Å². The molecule has 1 aliphatic rings. The zero-order valence-corrected chi connectivity index (χ0v) is 10.3. The number of pyridine rings is 1. The van der Waals surface area contributed by atoms with Crippen LogP contribution in [0.25, 0.3) is 11.2 Å². The van der Waals surface area contributed by atoms with E-state index in [0.717, 1.165) is 25.4 Å². The summed E-state index contributed by atoms with van der Waals surface area (Å²) in [5.41, 5.74) is 1.22. The molecule has 2 aromatic heterocycles. The quantitative estimate of drug-likeness (QED) is 0.786. The molecule has 1 saturated carbocycles. The van der Waals surface area contributed by atoms with Crippen LogP contribution in [0.4, 0.5) is 0 Å². The Hall–Kier alpha value is -1.62. The van der Waals surface area contributed by atoms with E-state index in [0.29, 0.717) is 17.8 Å². The Bertz CT molecular complexity index is 583. The van der Waals surface area contributed by atoms with Gasteiger partial charge in [-0.15, -0.1) is 0 Å². The smallest absolute Gasteiger partial charge is 0.406 e. The van der Waals surface area contributed by atoms with E-state index < -0.39 is 0 Å². The van der Waals surface area contributed by atoms with Crippen molar-refractivity contribution in [3.63, 3.8) is 0 Å². The van der Waals surface area contributed by atoms with Crippen molar-refractivity contribution in [2.45, 2.75) is 38.3 Å². The van der Waals surface area contributed by atoms with Crippen LogP contribution < -0.4 is 11.1 Å². The number of hydrogen-bond donors (Lipinski definition) is 1. The lowest BCUT2D eigenvalue weighted by atomic mass is 10.3. The lowest BCUT2D eigenvalue weighted by Crippen LogP contribution is -2.19. The summed E-state index contributed by atoms with van der Waals surface area (Å²) in [6, 6.07) is 4.30. The molecular formula is C13H17N3O2. The molecule has 2 heterocycles.